The molecule has 2 rings (SSSR count). The Morgan fingerprint density at radius 1 is 1.44 bits per heavy atom. The Morgan fingerprint density at radius 3 is 2.81 bits per heavy atom. The predicted octanol–water partition coefficient (Wildman–Crippen LogP) is 1.41. The molecule has 0 spiro atoms. The number of aromatic amines is 1. The van der Waals surface area contributed by atoms with Gasteiger partial charge in [0, 0.05) is 6.04 Å². The van der Waals surface area contributed by atoms with E-state index in [0.717, 1.165) is 17.5 Å². The first-order valence-electron chi connectivity index (χ1n) is 5.56. The first kappa shape index (κ1) is 11.0. The fourth-order valence-corrected chi connectivity index (χ4v) is 2.00. The van der Waals surface area contributed by atoms with Gasteiger partial charge in [-0.05, 0) is 44.5 Å². The number of H-pyrrole nitrogens is 1. The second-order valence-electron chi connectivity index (χ2n) is 4.28. The summed E-state index contributed by atoms with van der Waals surface area (Å²) in [4.78, 5) is 14.6. The summed E-state index contributed by atoms with van der Waals surface area (Å²) in [5, 5.41) is 0. The lowest BCUT2D eigenvalue weighted by atomic mass is 10.1. The van der Waals surface area contributed by atoms with Gasteiger partial charge in [0.25, 0.3) is 0 Å². The molecular weight excluding hydrogens is 202 g/mol. The van der Waals surface area contributed by atoms with Crippen LogP contribution < -0.4 is 11.4 Å². The lowest BCUT2D eigenvalue weighted by Crippen LogP contribution is -2.18. The highest BCUT2D eigenvalue weighted by atomic mass is 16.1. The van der Waals surface area contributed by atoms with Crippen molar-refractivity contribution in [2.75, 3.05) is 6.54 Å². The molecule has 1 aromatic heterocycles. The first-order chi connectivity index (χ1) is 7.63. The maximum absolute atomic E-state index is 11.7. The Balaban J connectivity index is 2.65. The summed E-state index contributed by atoms with van der Waals surface area (Å²) in [7, 11) is 0. The Labute approximate surface area is 94.1 Å². The topological polar surface area (TPSA) is 63.8 Å². The molecule has 0 saturated carbocycles. The third-order valence-corrected chi connectivity index (χ3v) is 2.73. The van der Waals surface area contributed by atoms with Gasteiger partial charge >= 0.3 is 5.69 Å². The van der Waals surface area contributed by atoms with Gasteiger partial charge < -0.3 is 10.7 Å². The number of aromatic nitrogens is 2. The minimum Gasteiger partial charge on any atom is -0.330 e. The molecule has 0 radical (unpaired) electrons. The van der Waals surface area contributed by atoms with E-state index in [2.05, 4.69) is 4.98 Å². The van der Waals surface area contributed by atoms with Crippen molar-refractivity contribution >= 4 is 11.0 Å². The molecule has 0 aliphatic rings. The van der Waals surface area contributed by atoms with E-state index in [-0.39, 0.29) is 11.7 Å². The number of benzene rings is 1. The van der Waals surface area contributed by atoms with E-state index < -0.39 is 0 Å². The van der Waals surface area contributed by atoms with E-state index in [1.54, 1.807) is 4.57 Å². The van der Waals surface area contributed by atoms with Crippen LogP contribution in [0.15, 0.2) is 23.0 Å². The standard InChI is InChI=1S/C12H17N3O/c1-8(2)15-11-7-9(5-6-13)3-4-10(11)14-12(15)16/h3-4,7-8H,5-6,13H2,1-2H3,(H,14,16). The summed E-state index contributed by atoms with van der Waals surface area (Å²) in [6.07, 6.45) is 0.841. The molecule has 4 heteroatoms. The normalized spacial score (nSPS) is 11.5. The van der Waals surface area contributed by atoms with E-state index in [0.29, 0.717) is 6.54 Å². The maximum Gasteiger partial charge on any atom is 0.326 e. The van der Waals surface area contributed by atoms with Crippen molar-refractivity contribution in [3.8, 4) is 0 Å². The minimum absolute atomic E-state index is 0.0464. The third kappa shape index (κ3) is 1.76. The maximum atomic E-state index is 11.7. The van der Waals surface area contributed by atoms with Crippen LogP contribution >= 0.6 is 0 Å². The SMILES string of the molecule is CC(C)n1c(=O)[nH]c2ccc(CCN)cc21. The average Bonchev–Trinajstić information content (AvgIpc) is 2.53. The van der Waals surface area contributed by atoms with Crippen LogP contribution in [0.3, 0.4) is 0 Å². The number of fused-ring (bicyclic) bond motifs is 1. The van der Waals surface area contributed by atoms with Crippen molar-refractivity contribution in [3.05, 3.63) is 34.2 Å². The molecule has 0 bridgehead atoms. The molecule has 0 fully saturated rings. The summed E-state index contributed by atoms with van der Waals surface area (Å²) in [6.45, 7) is 4.64. The molecule has 3 N–H and O–H groups in total. The number of imidazole rings is 1. The highest BCUT2D eigenvalue weighted by molar-refractivity contribution is 5.76. The van der Waals surface area contributed by atoms with E-state index in [9.17, 15) is 4.79 Å². The fourth-order valence-electron chi connectivity index (χ4n) is 2.00. The van der Waals surface area contributed by atoms with Gasteiger partial charge in [-0.15, -0.1) is 0 Å². The van der Waals surface area contributed by atoms with Crippen molar-refractivity contribution in [2.24, 2.45) is 5.73 Å². The second kappa shape index (κ2) is 4.14. The summed E-state index contributed by atoms with van der Waals surface area (Å²) >= 11 is 0. The van der Waals surface area contributed by atoms with Crippen LogP contribution in [0.4, 0.5) is 0 Å². The summed E-state index contributed by atoms with van der Waals surface area (Å²) < 4.78 is 1.77. The fraction of sp³-hybridized carbons (Fsp3) is 0.417. The minimum atomic E-state index is -0.0464. The number of hydrogen-bond acceptors (Lipinski definition) is 2. The van der Waals surface area contributed by atoms with Crippen LogP contribution in [-0.4, -0.2) is 16.1 Å². The Bertz CT molecular complexity index is 551. The molecule has 16 heavy (non-hydrogen) atoms. The largest absolute Gasteiger partial charge is 0.330 e. The molecule has 86 valence electrons. The van der Waals surface area contributed by atoms with Crippen LogP contribution in [-0.2, 0) is 6.42 Å². The van der Waals surface area contributed by atoms with Crippen molar-refractivity contribution in [1.82, 2.24) is 9.55 Å². The van der Waals surface area contributed by atoms with E-state index in [1.807, 2.05) is 32.0 Å². The Morgan fingerprint density at radius 2 is 2.19 bits per heavy atom. The lowest BCUT2D eigenvalue weighted by molar-refractivity contribution is 0.598. The van der Waals surface area contributed by atoms with Gasteiger partial charge in [0.15, 0.2) is 0 Å². The molecule has 0 unspecified atom stereocenters. The molecular formula is C12H17N3O. The van der Waals surface area contributed by atoms with Gasteiger partial charge in [0.1, 0.15) is 0 Å². The van der Waals surface area contributed by atoms with Crippen molar-refractivity contribution in [3.63, 3.8) is 0 Å². The van der Waals surface area contributed by atoms with Crippen molar-refractivity contribution < 1.29 is 0 Å². The number of nitrogens with two attached hydrogens (primary N) is 1. The molecule has 2 aromatic rings. The van der Waals surface area contributed by atoms with E-state index in [1.165, 1.54) is 5.56 Å². The predicted molar refractivity (Wildman–Crippen MR) is 65.7 cm³/mol. The average molecular weight is 219 g/mol. The third-order valence-electron chi connectivity index (χ3n) is 2.73. The molecule has 0 atom stereocenters. The van der Waals surface area contributed by atoms with Crippen LogP contribution in [0.2, 0.25) is 0 Å². The smallest absolute Gasteiger partial charge is 0.326 e. The highest BCUT2D eigenvalue weighted by Crippen LogP contribution is 2.16. The molecule has 1 aromatic carbocycles. The highest BCUT2D eigenvalue weighted by Gasteiger charge is 2.09. The van der Waals surface area contributed by atoms with Crippen LogP contribution in [0.5, 0.6) is 0 Å². The van der Waals surface area contributed by atoms with Gasteiger partial charge in [-0.1, -0.05) is 6.07 Å². The Kier molecular flexibility index (Phi) is 2.83. The number of rotatable bonds is 3. The summed E-state index contributed by atoms with van der Waals surface area (Å²) in [6, 6.07) is 6.16. The van der Waals surface area contributed by atoms with Crippen LogP contribution in [0.25, 0.3) is 11.0 Å². The quantitative estimate of drug-likeness (QED) is 0.819. The molecule has 4 nitrogen and oxygen atoms in total. The molecule has 0 aliphatic carbocycles. The number of nitrogens with zero attached hydrogens (tertiary/aromatic N) is 1. The van der Waals surface area contributed by atoms with E-state index >= 15 is 0 Å². The second-order valence-corrected chi connectivity index (χ2v) is 4.28. The van der Waals surface area contributed by atoms with Gasteiger partial charge in [-0.3, -0.25) is 4.57 Å². The van der Waals surface area contributed by atoms with Crippen LogP contribution in [0, 0.1) is 0 Å². The van der Waals surface area contributed by atoms with Gasteiger partial charge in [0.2, 0.25) is 0 Å². The Hall–Kier alpha value is -1.55. The van der Waals surface area contributed by atoms with Gasteiger partial charge in [-0.2, -0.15) is 0 Å². The zero-order chi connectivity index (χ0) is 11.7. The molecule has 0 amide bonds. The van der Waals surface area contributed by atoms with Gasteiger partial charge in [0.05, 0.1) is 11.0 Å². The summed E-state index contributed by atoms with van der Waals surface area (Å²) in [5.41, 5.74) is 8.51. The lowest BCUT2D eigenvalue weighted by Gasteiger charge is -2.07. The van der Waals surface area contributed by atoms with E-state index in [4.69, 9.17) is 5.73 Å². The summed E-state index contributed by atoms with van der Waals surface area (Å²) in [5.74, 6) is 0. The van der Waals surface area contributed by atoms with Crippen molar-refractivity contribution in [2.45, 2.75) is 26.3 Å². The zero-order valence-corrected chi connectivity index (χ0v) is 9.66. The zero-order valence-electron chi connectivity index (χ0n) is 9.66. The number of hydrogen-bond donors (Lipinski definition) is 2. The molecule has 0 saturated heterocycles. The monoisotopic (exact) mass is 219 g/mol. The molecule has 0 aliphatic heterocycles. The number of nitrogens with one attached hydrogen (secondary N) is 1. The molecule has 1 heterocycles. The van der Waals surface area contributed by atoms with Gasteiger partial charge in [-0.25, -0.2) is 4.79 Å². The van der Waals surface area contributed by atoms with Crippen molar-refractivity contribution in [1.29, 1.82) is 0 Å². The first-order valence-corrected chi connectivity index (χ1v) is 5.56. The van der Waals surface area contributed by atoms with Crippen LogP contribution in [0.1, 0.15) is 25.5 Å².